The first kappa shape index (κ1) is 73.1. The Bertz CT molecular complexity index is 1360. The first-order valence-electron chi connectivity index (χ1n) is 33.3. The van der Waals surface area contributed by atoms with Gasteiger partial charge >= 0.3 is 17.9 Å². The van der Waals surface area contributed by atoms with Gasteiger partial charge in [-0.2, -0.15) is 0 Å². The second kappa shape index (κ2) is 64.6. The van der Waals surface area contributed by atoms with E-state index in [-0.39, 0.29) is 31.1 Å². The average molecular weight is 1060 g/mol. The van der Waals surface area contributed by atoms with Crippen LogP contribution in [0.15, 0.2) is 60.8 Å². The summed E-state index contributed by atoms with van der Waals surface area (Å²) < 4.78 is 16.9. The third kappa shape index (κ3) is 62.0. The normalized spacial score (nSPS) is 12.4. The number of carbonyl (C=O) groups is 3. The summed E-state index contributed by atoms with van der Waals surface area (Å²) in [5, 5.41) is 0. The Kier molecular flexibility index (Phi) is 62.2. The van der Waals surface area contributed by atoms with E-state index in [1.807, 2.05) is 0 Å². The zero-order valence-electron chi connectivity index (χ0n) is 50.8. The molecule has 0 saturated heterocycles. The number of allylic oxidation sites excluding steroid dienone is 10. The van der Waals surface area contributed by atoms with Crippen LogP contribution in [0.25, 0.3) is 0 Å². The molecule has 76 heavy (non-hydrogen) atoms. The smallest absolute Gasteiger partial charge is 0.306 e. The maximum absolute atomic E-state index is 12.8. The van der Waals surface area contributed by atoms with Crippen molar-refractivity contribution in [3.8, 4) is 0 Å². The van der Waals surface area contributed by atoms with Gasteiger partial charge in [-0.1, -0.05) is 306 Å². The molecular formula is C70H126O6. The second-order valence-corrected chi connectivity index (χ2v) is 22.4. The highest BCUT2D eigenvalue weighted by Gasteiger charge is 2.19. The van der Waals surface area contributed by atoms with Gasteiger partial charge in [0.25, 0.3) is 0 Å². The molecule has 0 N–H and O–H groups in total. The predicted molar refractivity (Wildman–Crippen MR) is 330 cm³/mol. The van der Waals surface area contributed by atoms with Crippen LogP contribution < -0.4 is 0 Å². The molecule has 0 amide bonds. The van der Waals surface area contributed by atoms with Crippen LogP contribution in [0.4, 0.5) is 0 Å². The third-order valence-corrected chi connectivity index (χ3v) is 14.8. The molecule has 0 aromatic heterocycles. The van der Waals surface area contributed by atoms with Crippen LogP contribution in [0.2, 0.25) is 0 Å². The lowest BCUT2D eigenvalue weighted by atomic mass is 10.0. The number of hydrogen-bond acceptors (Lipinski definition) is 6. The van der Waals surface area contributed by atoms with Crippen molar-refractivity contribution in [2.75, 3.05) is 13.2 Å². The van der Waals surface area contributed by atoms with Crippen LogP contribution in [0.1, 0.15) is 348 Å². The third-order valence-electron chi connectivity index (χ3n) is 14.8. The molecule has 0 aliphatic carbocycles. The summed E-state index contributed by atoms with van der Waals surface area (Å²) in [6, 6.07) is 0. The predicted octanol–water partition coefficient (Wildman–Crippen LogP) is 22.7. The summed E-state index contributed by atoms with van der Waals surface area (Å²) in [6.45, 7) is 6.53. The van der Waals surface area contributed by atoms with E-state index in [2.05, 4.69) is 81.5 Å². The number of unbranched alkanes of at least 4 members (excludes halogenated alkanes) is 40. The van der Waals surface area contributed by atoms with Crippen LogP contribution in [0.5, 0.6) is 0 Å². The summed E-state index contributed by atoms with van der Waals surface area (Å²) >= 11 is 0. The van der Waals surface area contributed by atoms with Gasteiger partial charge < -0.3 is 14.2 Å². The van der Waals surface area contributed by atoms with E-state index < -0.39 is 6.10 Å². The quantitative estimate of drug-likeness (QED) is 0.0261. The number of carbonyl (C=O) groups excluding carboxylic acids is 3. The topological polar surface area (TPSA) is 78.9 Å². The van der Waals surface area contributed by atoms with Crippen molar-refractivity contribution in [2.45, 2.75) is 354 Å². The fraction of sp³-hybridized carbons (Fsp3) is 0.814. The molecule has 0 bridgehead atoms. The fourth-order valence-electron chi connectivity index (χ4n) is 9.79. The summed E-state index contributed by atoms with van der Waals surface area (Å²) in [5.41, 5.74) is 0. The Balaban J connectivity index is 4.06. The van der Waals surface area contributed by atoms with Crippen molar-refractivity contribution >= 4 is 17.9 Å². The highest BCUT2D eigenvalue weighted by atomic mass is 16.6. The lowest BCUT2D eigenvalue weighted by Crippen LogP contribution is -2.30. The van der Waals surface area contributed by atoms with Crippen molar-refractivity contribution in [1.82, 2.24) is 0 Å². The van der Waals surface area contributed by atoms with E-state index in [1.165, 1.54) is 218 Å². The van der Waals surface area contributed by atoms with E-state index in [0.717, 1.165) is 89.9 Å². The van der Waals surface area contributed by atoms with E-state index in [0.29, 0.717) is 19.3 Å². The van der Waals surface area contributed by atoms with E-state index in [9.17, 15) is 14.4 Å². The molecule has 0 aliphatic rings. The second-order valence-electron chi connectivity index (χ2n) is 22.4. The molecule has 0 fully saturated rings. The minimum Gasteiger partial charge on any atom is -0.462 e. The minimum absolute atomic E-state index is 0.0815. The lowest BCUT2D eigenvalue weighted by molar-refractivity contribution is -0.167. The fourth-order valence-corrected chi connectivity index (χ4v) is 9.79. The van der Waals surface area contributed by atoms with Crippen molar-refractivity contribution in [1.29, 1.82) is 0 Å². The molecule has 442 valence electrons. The Labute approximate surface area is 472 Å². The SMILES string of the molecule is CC/C=C\C/C=C\C/C=C\CCCCCC(=O)OC(COC(=O)CCCCCCCCCCCCCC)COC(=O)CCCCCCCCCCCCCCCCCCCCCCC/C=C\C/C=C\CCCCCCC. The largest absolute Gasteiger partial charge is 0.462 e. The number of esters is 3. The Morgan fingerprint density at radius 3 is 0.816 bits per heavy atom. The number of rotatable bonds is 61. The van der Waals surface area contributed by atoms with Gasteiger partial charge in [-0.15, -0.1) is 0 Å². The molecule has 1 unspecified atom stereocenters. The first-order valence-corrected chi connectivity index (χ1v) is 33.3. The van der Waals surface area contributed by atoms with Gasteiger partial charge in [0.05, 0.1) is 0 Å². The van der Waals surface area contributed by atoms with Gasteiger partial charge in [0.2, 0.25) is 0 Å². The van der Waals surface area contributed by atoms with Gasteiger partial charge in [-0.05, 0) is 83.5 Å². The van der Waals surface area contributed by atoms with Crippen molar-refractivity contribution in [2.24, 2.45) is 0 Å². The molecule has 0 aromatic carbocycles. The maximum Gasteiger partial charge on any atom is 0.306 e. The molecule has 0 aliphatic heterocycles. The average Bonchev–Trinajstić information content (AvgIpc) is 3.42. The van der Waals surface area contributed by atoms with Crippen molar-refractivity contribution < 1.29 is 28.6 Å². The van der Waals surface area contributed by atoms with Crippen molar-refractivity contribution in [3.63, 3.8) is 0 Å². The lowest BCUT2D eigenvalue weighted by Gasteiger charge is -2.18. The summed E-state index contributed by atoms with van der Waals surface area (Å²) in [6.07, 6.45) is 82.7. The molecule has 1 atom stereocenters. The molecule has 0 spiro atoms. The van der Waals surface area contributed by atoms with Crippen LogP contribution in [0.3, 0.4) is 0 Å². The van der Waals surface area contributed by atoms with Crippen LogP contribution in [-0.2, 0) is 28.6 Å². The van der Waals surface area contributed by atoms with Gasteiger partial charge in [0.15, 0.2) is 6.10 Å². The van der Waals surface area contributed by atoms with Crippen LogP contribution >= 0.6 is 0 Å². The van der Waals surface area contributed by atoms with E-state index in [4.69, 9.17) is 14.2 Å². The standard InChI is InChI=1S/C70H126O6/c1-4-7-10-13-16-19-22-25-26-27-28-29-30-31-32-33-34-35-36-37-38-39-40-41-42-43-44-46-48-51-54-57-60-63-69(72)75-66-67(65-74-68(71)62-59-56-53-50-47-24-21-18-15-12-9-6-3)76-70(73)64-61-58-55-52-49-45-23-20-17-14-11-8-5-2/h8,11,17,20,22,25,27-28,45,49,67H,4-7,9-10,12-16,18-19,21,23-24,26,29-44,46-48,50-66H2,1-3H3/b11-8-,20-17-,25-22-,28-27-,49-45-. The van der Waals surface area contributed by atoms with Gasteiger partial charge in [0.1, 0.15) is 13.2 Å². The maximum atomic E-state index is 12.8. The van der Waals surface area contributed by atoms with Crippen LogP contribution in [-0.4, -0.2) is 37.2 Å². The zero-order chi connectivity index (χ0) is 55.0. The summed E-state index contributed by atoms with van der Waals surface area (Å²) in [4.78, 5) is 38.2. The molecule has 6 nitrogen and oxygen atoms in total. The summed E-state index contributed by atoms with van der Waals surface area (Å²) in [7, 11) is 0. The molecule has 6 heteroatoms. The first-order chi connectivity index (χ1) is 37.5. The number of ether oxygens (including phenoxy) is 3. The molecular weight excluding hydrogens is 937 g/mol. The Morgan fingerprint density at radius 1 is 0.276 bits per heavy atom. The molecule has 0 aromatic rings. The Morgan fingerprint density at radius 2 is 0.513 bits per heavy atom. The Hall–Kier alpha value is -2.89. The van der Waals surface area contributed by atoms with Gasteiger partial charge in [-0.25, -0.2) is 0 Å². The van der Waals surface area contributed by atoms with E-state index >= 15 is 0 Å². The highest BCUT2D eigenvalue weighted by molar-refractivity contribution is 5.71. The highest BCUT2D eigenvalue weighted by Crippen LogP contribution is 2.18. The molecule has 0 heterocycles. The van der Waals surface area contributed by atoms with Crippen LogP contribution in [0, 0.1) is 0 Å². The molecule has 0 rings (SSSR count). The zero-order valence-corrected chi connectivity index (χ0v) is 50.8. The minimum atomic E-state index is -0.786. The van der Waals surface area contributed by atoms with Crippen molar-refractivity contribution in [3.05, 3.63) is 60.8 Å². The van der Waals surface area contributed by atoms with Gasteiger partial charge in [-0.3, -0.25) is 14.4 Å². The van der Waals surface area contributed by atoms with E-state index in [1.54, 1.807) is 0 Å². The monoisotopic (exact) mass is 1060 g/mol. The van der Waals surface area contributed by atoms with Gasteiger partial charge in [0, 0.05) is 19.3 Å². The summed E-state index contributed by atoms with van der Waals surface area (Å²) in [5.74, 6) is -0.894. The number of hydrogen-bond donors (Lipinski definition) is 0. The molecule has 0 saturated carbocycles. The molecule has 0 radical (unpaired) electrons.